The molecule has 9 nitrogen and oxygen atoms in total. The van der Waals surface area contributed by atoms with E-state index in [1.165, 1.54) is 19.2 Å². The van der Waals surface area contributed by atoms with Gasteiger partial charge in [-0.25, -0.2) is 14.8 Å². The maximum atomic E-state index is 13.3. The van der Waals surface area contributed by atoms with Crippen molar-refractivity contribution in [2.24, 2.45) is 5.73 Å². The van der Waals surface area contributed by atoms with Crippen molar-refractivity contribution in [2.45, 2.75) is 50.9 Å². The Kier molecular flexibility index (Phi) is 6.65. The molecule has 2 heterocycles. The number of halogens is 3. The zero-order valence-electron chi connectivity index (χ0n) is 19.9. The molecule has 4 rings (SSSR count). The number of amides is 1. The van der Waals surface area contributed by atoms with Gasteiger partial charge in [-0.15, -0.1) is 0 Å². The van der Waals surface area contributed by atoms with Crippen LogP contribution in [0.4, 0.5) is 13.2 Å². The fourth-order valence-electron chi connectivity index (χ4n) is 4.08. The molecule has 0 saturated heterocycles. The molecule has 3 aromatic rings. The van der Waals surface area contributed by atoms with Crippen molar-refractivity contribution in [1.82, 2.24) is 15.3 Å². The normalized spacial score (nSPS) is 15.8. The number of methoxy groups -OCH3 is 1. The third kappa shape index (κ3) is 4.48. The van der Waals surface area contributed by atoms with Gasteiger partial charge in [-0.05, 0) is 57.4 Å². The third-order valence-electron chi connectivity index (χ3n) is 6.07. The lowest BCUT2D eigenvalue weighted by molar-refractivity contribution is -0.154. The predicted octanol–water partition coefficient (Wildman–Crippen LogP) is 4.15. The Morgan fingerprint density at radius 3 is 2.50 bits per heavy atom. The number of rotatable bonds is 7. The number of fused-ring (bicyclic) bond motifs is 1. The summed E-state index contributed by atoms with van der Waals surface area (Å²) in [6, 6.07) is 4.31. The number of nitrogens with two attached hydrogens (primary N) is 1. The van der Waals surface area contributed by atoms with Gasteiger partial charge in [-0.3, -0.25) is 4.79 Å². The van der Waals surface area contributed by atoms with E-state index < -0.39 is 35.3 Å². The van der Waals surface area contributed by atoms with E-state index in [1.54, 1.807) is 19.9 Å². The molecule has 0 unspecified atom stereocenters. The second kappa shape index (κ2) is 9.41. The van der Waals surface area contributed by atoms with Crippen LogP contribution in [0.5, 0.6) is 5.75 Å². The number of benzene rings is 1. The number of esters is 1. The Balaban J connectivity index is 1.78. The summed E-state index contributed by atoms with van der Waals surface area (Å²) in [5.41, 5.74) is 3.91. The number of nitrogens with one attached hydrogen (secondary N) is 1. The number of nitrogens with zero attached hydrogens (tertiary/aromatic N) is 2. The van der Waals surface area contributed by atoms with Crippen molar-refractivity contribution in [3.8, 4) is 17.2 Å². The van der Waals surface area contributed by atoms with Gasteiger partial charge in [0, 0.05) is 10.9 Å². The summed E-state index contributed by atoms with van der Waals surface area (Å²) < 4.78 is 55.9. The van der Waals surface area contributed by atoms with Gasteiger partial charge in [-0.1, -0.05) is 0 Å². The van der Waals surface area contributed by atoms with Crippen LogP contribution in [0.15, 0.2) is 28.7 Å². The number of hydrogen-bond donors (Lipinski definition) is 2. The van der Waals surface area contributed by atoms with Crippen molar-refractivity contribution < 1.29 is 36.7 Å². The summed E-state index contributed by atoms with van der Waals surface area (Å²) in [7, 11) is 1.32. The van der Waals surface area contributed by atoms with Crippen molar-refractivity contribution in [2.75, 3.05) is 13.7 Å². The Bertz CT molecular complexity index is 1320. The summed E-state index contributed by atoms with van der Waals surface area (Å²) >= 11 is 0. The molecule has 0 aliphatic heterocycles. The highest BCUT2D eigenvalue weighted by Crippen LogP contribution is 2.38. The first-order chi connectivity index (χ1) is 17.0. The van der Waals surface area contributed by atoms with Gasteiger partial charge in [-0.2, -0.15) is 13.2 Å². The number of pyridine rings is 1. The van der Waals surface area contributed by atoms with Gasteiger partial charge in [0.1, 0.15) is 22.5 Å². The summed E-state index contributed by atoms with van der Waals surface area (Å²) in [4.78, 5) is 33.7. The Morgan fingerprint density at radius 1 is 1.22 bits per heavy atom. The highest BCUT2D eigenvalue weighted by Gasteiger charge is 2.47. The minimum Gasteiger partial charge on any atom is -0.494 e. The lowest BCUT2D eigenvalue weighted by Crippen LogP contribution is -2.60. The van der Waals surface area contributed by atoms with Crippen molar-refractivity contribution in [1.29, 1.82) is 0 Å². The highest BCUT2D eigenvalue weighted by atomic mass is 19.4. The van der Waals surface area contributed by atoms with E-state index in [0.29, 0.717) is 12.8 Å². The monoisotopic (exact) mass is 506 g/mol. The lowest BCUT2D eigenvalue weighted by atomic mass is 9.76. The first-order valence-electron chi connectivity index (χ1n) is 11.3. The van der Waals surface area contributed by atoms with Gasteiger partial charge < -0.3 is 24.9 Å². The van der Waals surface area contributed by atoms with E-state index in [2.05, 4.69) is 15.3 Å². The molecule has 1 fully saturated rings. The van der Waals surface area contributed by atoms with Gasteiger partial charge in [0.05, 0.1) is 19.8 Å². The van der Waals surface area contributed by atoms with Crippen LogP contribution in [-0.2, 0) is 15.7 Å². The van der Waals surface area contributed by atoms with E-state index in [0.717, 1.165) is 12.5 Å². The zero-order valence-corrected chi connectivity index (χ0v) is 19.9. The van der Waals surface area contributed by atoms with Crippen molar-refractivity contribution in [3.63, 3.8) is 0 Å². The van der Waals surface area contributed by atoms with Gasteiger partial charge in [0.2, 0.25) is 5.89 Å². The fourth-order valence-corrected chi connectivity index (χ4v) is 4.08. The molecule has 0 spiro atoms. The van der Waals surface area contributed by atoms with E-state index in [-0.39, 0.29) is 46.2 Å². The number of ether oxygens (including phenoxy) is 2. The second-order valence-electron chi connectivity index (χ2n) is 8.54. The molecule has 12 heteroatoms. The second-order valence-corrected chi connectivity index (χ2v) is 8.54. The molecular weight excluding hydrogens is 481 g/mol. The summed E-state index contributed by atoms with van der Waals surface area (Å²) in [6.45, 7) is 3.44. The standard InChI is InChI=1S/C24H25F3N4O5/c1-4-35-22(33)23(10-5-11-23)31-20(32)18-19(12(2)28)36-21(30-18)14-6-8-15(34-3)17-13(14)7-9-16(29-17)24(25,26)27/h6-9,12H,4-5,10-11,28H2,1-3H3,(H,31,32)/t12-/m0/s1. The Morgan fingerprint density at radius 2 is 1.94 bits per heavy atom. The summed E-state index contributed by atoms with van der Waals surface area (Å²) in [6.07, 6.45) is -3.06. The van der Waals surface area contributed by atoms with Crippen LogP contribution in [0.25, 0.3) is 22.4 Å². The average molecular weight is 506 g/mol. The molecule has 192 valence electrons. The zero-order chi connectivity index (χ0) is 26.3. The number of carbonyl (C=O) groups excluding carboxylic acids is 2. The average Bonchev–Trinajstić information content (AvgIpc) is 3.25. The van der Waals surface area contributed by atoms with Crippen LogP contribution in [0, 0.1) is 0 Å². The van der Waals surface area contributed by atoms with E-state index in [1.807, 2.05) is 0 Å². The maximum Gasteiger partial charge on any atom is 0.433 e. The number of aromatic nitrogens is 2. The Labute approximate surface area is 204 Å². The highest BCUT2D eigenvalue weighted by molar-refractivity contribution is 6.00. The summed E-state index contributed by atoms with van der Waals surface area (Å²) in [5, 5.41) is 2.99. The number of hydrogen-bond acceptors (Lipinski definition) is 8. The third-order valence-corrected chi connectivity index (χ3v) is 6.07. The van der Waals surface area contributed by atoms with Crippen LogP contribution in [-0.4, -0.2) is 41.1 Å². The molecule has 0 bridgehead atoms. The van der Waals surface area contributed by atoms with Crippen LogP contribution >= 0.6 is 0 Å². The molecule has 1 aliphatic rings. The van der Waals surface area contributed by atoms with Crippen LogP contribution in [0.1, 0.15) is 61.1 Å². The molecule has 1 amide bonds. The van der Waals surface area contributed by atoms with Gasteiger partial charge in [0.15, 0.2) is 11.5 Å². The Hall–Kier alpha value is -3.67. The van der Waals surface area contributed by atoms with Gasteiger partial charge in [0.25, 0.3) is 5.91 Å². The number of carbonyl (C=O) groups is 2. The van der Waals surface area contributed by atoms with Gasteiger partial charge >= 0.3 is 12.1 Å². The quantitative estimate of drug-likeness (QED) is 0.457. The minimum atomic E-state index is -4.65. The topological polar surface area (TPSA) is 130 Å². The lowest BCUT2D eigenvalue weighted by Gasteiger charge is -2.39. The molecule has 1 saturated carbocycles. The number of alkyl halides is 3. The molecule has 0 radical (unpaired) electrons. The molecule has 2 aromatic heterocycles. The first kappa shape index (κ1) is 25.4. The van der Waals surface area contributed by atoms with E-state index >= 15 is 0 Å². The molecule has 1 aromatic carbocycles. The van der Waals surface area contributed by atoms with Crippen LogP contribution < -0.4 is 15.8 Å². The number of oxazole rings is 1. The van der Waals surface area contributed by atoms with Crippen molar-refractivity contribution in [3.05, 3.63) is 41.4 Å². The van der Waals surface area contributed by atoms with Crippen LogP contribution in [0.3, 0.4) is 0 Å². The summed E-state index contributed by atoms with van der Waals surface area (Å²) in [5.74, 6) is -1.05. The fraction of sp³-hybridized carbons (Fsp3) is 0.417. The smallest absolute Gasteiger partial charge is 0.433 e. The molecular formula is C24H25F3N4O5. The molecule has 1 aliphatic carbocycles. The molecule has 1 atom stereocenters. The first-order valence-corrected chi connectivity index (χ1v) is 11.3. The molecule has 3 N–H and O–H groups in total. The molecule has 36 heavy (non-hydrogen) atoms. The van der Waals surface area contributed by atoms with E-state index in [4.69, 9.17) is 19.6 Å². The van der Waals surface area contributed by atoms with Crippen molar-refractivity contribution >= 4 is 22.8 Å². The SMILES string of the molecule is CCOC(=O)C1(NC(=O)c2nc(-c3ccc(OC)c4nc(C(F)(F)F)ccc34)oc2[C@H](C)N)CCC1. The minimum absolute atomic E-state index is 0.0412. The van der Waals surface area contributed by atoms with Crippen LogP contribution in [0.2, 0.25) is 0 Å². The predicted molar refractivity (Wildman–Crippen MR) is 122 cm³/mol. The maximum absolute atomic E-state index is 13.3. The largest absolute Gasteiger partial charge is 0.494 e. The van der Waals surface area contributed by atoms with E-state index in [9.17, 15) is 22.8 Å².